The molecule has 2 rings (SSSR count). The van der Waals surface area contributed by atoms with Gasteiger partial charge in [0.05, 0.1) is 0 Å². The first-order chi connectivity index (χ1) is 9.18. The van der Waals surface area contributed by atoms with Crippen LogP contribution in [0.5, 0.6) is 0 Å². The third-order valence-corrected chi connectivity index (χ3v) is 2.78. The lowest BCUT2D eigenvalue weighted by atomic mass is 9.77. The number of hydrogen-bond acceptors (Lipinski definition) is 3. The first kappa shape index (κ1) is 13.3. The van der Waals surface area contributed by atoms with Gasteiger partial charge < -0.3 is 15.4 Å². The molecule has 0 aliphatic carbocycles. The molecule has 0 bridgehead atoms. The second-order valence-corrected chi connectivity index (χ2v) is 4.13. The molecule has 0 heterocycles. The van der Waals surface area contributed by atoms with Crippen LogP contribution < -0.4 is 10.8 Å². The lowest BCUT2D eigenvalue weighted by Crippen LogP contribution is -2.37. The van der Waals surface area contributed by atoms with Crippen molar-refractivity contribution < 1.29 is 14.8 Å². The summed E-state index contributed by atoms with van der Waals surface area (Å²) in [4.78, 5) is 12.0. The molecule has 2 aromatic carbocycles. The van der Waals surface area contributed by atoms with E-state index in [2.05, 4.69) is 5.32 Å². The first-order valence-electron chi connectivity index (χ1n) is 5.95. The van der Waals surface area contributed by atoms with Crippen molar-refractivity contribution in [2.24, 2.45) is 0 Å². The highest BCUT2D eigenvalue weighted by Crippen LogP contribution is 2.00. The third kappa shape index (κ3) is 3.43. The molecule has 19 heavy (non-hydrogen) atoms. The molecule has 3 N–H and O–H groups in total. The predicted molar refractivity (Wildman–Crippen MR) is 73.9 cm³/mol. The Labute approximate surface area is 111 Å². The lowest BCUT2D eigenvalue weighted by molar-refractivity contribution is 0.0951. The Balaban J connectivity index is 2.08. The fourth-order valence-electron chi connectivity index (χ4n) is 1.80. The summed E-state index contributed by atoms with van der Waals surface area (Å²) in [5, 5.41) is 21.2. The van der Waals surface area contributed by atoms with E-state index in [1.807, 2.05) is 30.3 Å². The highest BCUT2D eigenvalue weighted by molar-refractivity contribution is 6.60. The third-order valence-electron chi connectivity index (χ3n) is 2.78. The Morgan fingerprint density at radius 2 is 1.63 bits per heavy atom. The minimum absolute atomic E-state index is 0.202. The van der Waals surface area contributed by atoms with Gasteiger partial charge in [-0.2, -0.15) is 0 Å². The molecule has 4 nitrogen and oxygen atoms in total. The summed E-state index contributed by atoms with van der Waals surface area (Å²) in [5.74, 6) is -0.326. The van der Waals surface area contributed by atoms with Crippen LogP contribution in [0, 0.1) is 0 Å². The Bertz CT molecular complexity index is 558. The smallest absolute Gasteiger partial charge is 0.423 e. The maximum atomic E-state index is 12.0. The van der Waals surface area contributed by atoms with Crippen molar-refractivity contribution in [3.8, 4) is 0 Å². The van der Waals surface area contributed by atoms with Gasteiger partial charge >= 0.3 is 7.12 Å². The molecule has 0 aromatic heterocycles. The number of carbonyl (C=O) groups is 1. The van der Waals surface area contributed by atoms with Crippen LogP contribution in [0.4, 0.5) is 0 Å². The molecule has 96 valence electrons. The summed E-state index contributed by atoms with van der Waals surface area (Å²) < 4.78 is 0. The zero-order valence-corrected chi connectivity index (χ0v) is 10.3. The van der Waals surface area contributed by atoms with Crippen LogP contribution in [0.1, 0.15) is 15.9 Å². The molecule has 0 saturated carbocycles. The minimum Gasteiger partial charge on any atom is -0.423 e. The van der Waals surface area contributed by atoms with Gasteiger partial charge in [-0.25, -0.2) is 0 Å². The zero-order chi connectivity index (χ0) is 13.7. The van der Waals surface area contributed by atoms with E-state index in [1.54, 1.807) is 18.2 Å². The second-order valence-electron chi connectivity index (χ2n) is 4.13. The Kier molecular flexibility index (Phi) is 4.33. The van der Waals surface area contributed by atoms with E-state index in [9.17, 15) is 14.8 Å². The molecule has 5 heteroatoms. The van der Waals surface area contributed by atoms with Gasteiger partial charge in [0.2, 0.25) is 0 Å². The van der Waals surface area contributed by atoms with Crippen molar-refractivity contribution in [2.75, 3.05) is 0 Å². The summed E-state index contributed by atoms with van der Waals surface area (Å²) >= 11 is 0. The number of amides is 1. The summed E-state index contributed by atoms with van der Waals surface area (Å²) in [5.41, 5.74) is 1.46. The highest BCUT2D eigenvalue weighted by atomic mass is 16.4. The monoisotopic (exact) mass is 255 g/mol. The van der Waals surface area contributed by atoms with Crippen LogP contribution in [0.25, 0.3) is 0 Å². The van der Waals surface area contributed by atoms with E-state index < -0.39 is 7.12 Å². The van der Waals surface area contributed by atoms with Crippen LogP contribution in [-0.2, 0) is 6.54 Å². The normalized spacial score (nSPS) is 10.0. The minimum atomic E-state index is -1.65. The van der Waals surface area contributed by atoms with Crippen LogP contribution in [0.3, 0.4) is 0 Å². The fraction of sp³-hybridized carbons (Fsp3) is 0.0714. The number of rotatable bonds is 4. The van der Waals surface area contributed by atoms with Crippen molar-refractivity contribution in [1.82, 2.24) is 5.32 Å². The standard InChI is InChI=1S/C14H14BNO3/c17-14(16-10-11-6-2-1-3-7-11)12-8-4-5-9-13(12)15(18)19/h1-9,18-19H,10H2,(H,16,17). The molecule has 0 unspecified atom stereocenters. The van der Waals surface area contributed by atoms with E-state index in [4.69, 9.17) is 0 Å². The Morgan fingerprint density at radius 3 is 2.32 bits per heavy atom. The van der Waals surface area contributed by atoms with E-state index in [-0.39, 0.29) is 16.9 Å². The second kappa shape index (κ2) is 6.18. The SMILES string of the molecule is O=C(NCc1ccccc1)c1ccccc1B(O)O. The number of carbonyl (C=O) groups excluding carboxylic acids is 1. The van der Waals surface area contributed by atoms with Gasteiger partial charge in [-0.1, -0.05) is 48.5 Å². The van der Waals surface area contributed by atoms with Gasteiger partial charge in [-0.05, 0) is 17.1 Å². The van der Waals surface area contributed by atoms with Gasteiger partial charge in [0, 0.05) is 12.1 Å². The van der Waals surface area contributed by atoms with Crippen molar-refractivity contribution in [3.05, 3.63) is 65.7 Å². The summed E-state index contributed by atoms with van der Waals surface area (Å²) in [7, 11) is -1.65. The van der Waals surface area contributed by atoms with E-state index in [0.717, 1.165) is 5.56 Å². The van der Waals surface area contributed by atoms with Gasteiger partial charge in [0.25, 0.3) is 5.91 Å². The molecule has 0 atom stereocenters. The topological polar surface area (TPSA) is 69.6 Å². The average Bonchev–Trinajstić information content (AvgIpc) is 2.46. The Morgan fingerprint density at radius 1 is 1.00 bits per heavy atom. The van der Waals surface area contributed by atoms with E-state index in [0.29, 0.717) is 6.54 Å². The largest absolute Gasteiger partial charge is 0.489 e. The molecule has 0 radical (unpaired) electrons. The Hall–Kier alpha value is -2.11. The molecule has 0 spiro atoms. The maximum absolute atomic E-state index is 12.0. The van der Waals surface area contributed by atoms with E-state index in [1.165, 1.54) is 6.07 Å². The van der Waals surface area contributed by atoms with Crippen LogP contribution in [0.15, 0.2) is 54.6 Å². The summed E-state index contributed by atoms with van der Waals surface area (Å²) in [6, 6.07) is 15.9. The van der Waals surface area contributed by atoms with Crippen molar-refractivity contribution in [3.63, 3.8) is 0 Å². The van der Waals surface area contributed by atoms with Gasteiger partial charge in [-0.15, -0.1) is 0 Å². The lowest BCUT2D eigenvalue weighted by Gasteiger charge is -2.09. The van der Waals surface area contributed by atoms with Crippen molar-refractivity contribution >= 4 is 18.5 Å². The molecular formula is C14H14BNO3. The molecule has 0 aliphatic rings. The molecule has 0 saturated heterocycles. The van der Waals surface area contributed by atoms with Gasteiger partial charge in [-0.3, -0.25) is 4.79 Å². The molecule has 1 amide bonds. The number of nitrogens with one attached hydrogen (secondary N) is 1. The predicted octanol–water partition coefficient (Wildman–Crippen LogP) is 0.296. The van der Waals surface area contributed by atoms with Gasteiger partial charge in [0.15, 0.2) is 0 Å². The molecule has 2 aromatic rings. The number of hydrogen-bond donors (Lipinski definition) is 3. The molecular weight excluding hydrogens is 241 g/mol. The maximum Gasteiger partial charge on any atom is 0.489 e. The van der Waals surface area contributed by atoms with Crippen LogP contribution in [0.2, 0.25) is 0 Å². The van der Waals surface area contributed by atoms with Gasteiger partial charge in [0.1, 0.15) is 0 Å². The van der Waals surface area contributed by atoms with E-state index >= 15 is 0 Å². The quantitative estimate of drug-likeness (QED) is 0.688. The summed E-state index contributed by atoms with van der Waals surface area (Å²) in [6.07, 6.45) is 0. The van der Waals surface area contributed by atoms with Crippen molar-refractivity contribution in [1.29, 1.82) is 0 Å². The highest BCUT2D eigenvalue weighted by Gasteiger charge is 2.19. The summed E-state index contributed by atoms with van der Waals surface area (Å²) in [6.45, 7) is 0.398. The van der Waals surface area contributed by atoms with Crippen molar-refractivity contribution in [2.45, 2.75) is 6.54 Å². The van der Waals surface area contributed by atoms with Crippen LogP contribution in [-0.4, -0.2) is 23.1 Å². The molecule has 0 aliphatic heterocycles. The molecule has 0 fully saturated rings. The average molecular weight is 255 g/mol. The number of benzene rings is 2. The zero-order valence-electron chi connectivity index (χ0n) is 10.3. The first-order valence-corrected chi connectivity index (χ1v) is 5.95. The van der Waals surface area contributed by atoms with Crippen LogP contribution >= 0.6 is 0 Å². The fourth-order valence-corrected chi connectivity index (χ4v) is 1.80.